The summed E-state index contributed by atoms with van der Waals surface area (Å²) in [5, 5.41) is 4.03. The van der Waals surface area contributed by atoms with Crippen LogP contribution in [-0.4, -0.2) is 27.6 Å². The topological polar surface area (TPSA) is 72.1 Å². The smallest absolute Gasteiger partial charge is 0.232 e. The third-order valence-corrected chi connectivity index (χ3v) is 4.47. The van der Waals surface area contributed by atoms with Gasteiger partial charge in [-0.15, -0.1) is 0 Å². The molecule has 4 rings (SSSR count). The molecular weight excluding hydrogens is 316 g/mol. The number of amides is 1. The van der Waals surface area contributed by atoms with Gasteiger partial charge in [0.15, 0.2) is 0 Å². The van der Waals surface area contributed by atoms with Crippen LogP contribution >= 0.6 is 0 Å². The summed E-state index contributed by atoms with van der Waals surface area (Å²) in [6, 6.07) is 11.8. The quantitative estimate of drug-likeness (QED) is 0.732. The van der Waals surface area contributed by atoms with Gasteiger partial charge in [0.25, 0.3) is 0 Å². The molecule has 0 spiro atoms. The summed E-state index contributed by atoms with van der Waals surface area (Å²) in [5.74, 6) is 0.999. The lowest BCUT2D eigenvalue weighted by atomic mass is 10.1. The second-order valence-corrected chi connectivity index (χ2v) is 6.13. The van der Waals surface area contributed by atoms with Crippen molar-refractivity contribution in [3.63, 3.8) is 0 Å². The van der Waals surface area contributed by atoms with Crippen molar-refractivity contribution >= 4 is 11.6 Å². The highest BCUT2D eigenvalue weighted by Crippen LogP contribution is 2.32. The number of carbonyl (C=O) groups excluding carboxylic acids is 1. The second-order valence-electron chi connectivity index (χ2n) is 6.13. The van der Waals surface area contributed by atoms with Crippen molar-refractivity contribution in [3.8, 4) is 11.4 Å². The zero-order chi connectivity index (χ0) is 17.2. The molecule has 1 aliphatic heterocycles. The zero-order valence-electron chi connectivity index (χ0n) is 13.9. The first-order chi connectivity index (χ1) is 12.2. The normalized spacial score (nSPS) is 17.2. The first kappa shape index (κ1) is 15.5. The molecule has 3 heterocycles. The molecule has 1 atom stereocenters. The van der Waals surface area contributed by atoms with Crippen LogP contribution in [0.5, 0.6) is 0 Å². The van der Waals surface area contributed by atoms with Gasteiger partial charge in [0.2, 0.25) is 17.6 Å². The van der Waals surface area contributed by atoms with Crippen LogP contribution in [0.15, 0.2) is 53.3 Å². The average Bonchev–Trinajstić information content (AvgIpc) is 3.29. The Bertz CT molecular complexity index is 891. The maximum atomic E-state index is 12.5. The number of pyridine rings is 1. The standard InChI is InChI=1S/C19H18N4O2/c1-2-13-5-3-7-16(9-13)23-12-15(10-17(23)24)19-21-18(22-25-19)14-6-4-8-20-11-14/h3-9,11,15H,2,10,12H2,1H3. The van der Waals surface area contributed by atoms with E-state index in [0.29, 0.717) is 24.7 Å². The highest BCUT2D eigenvalue weighted by Gasteiger charge is 2.35. The largest absolute Gasteiger partial charge is 0.339 e. The van der Waals surface area contributed by atoms with E-state index in [1.807, 2.05) is 24.3 Å². The molecular formula is C19H18N4O2. The van der Waals surface area contributed by atoms with Crippen molar-refractivity contribution in [2.45, 2.75) is 25.7 Å². The lowest BCUT2D eigenvalue weighted by Gasteiger charge is -2.16. The minimum absolute atomic E-state index is 0.0828. The van der Waals surface area contributed by atoms with Gasteiger partial charge in [-0.2, -0.15) is 4.98 Å². The Morgan fingerprint density at radius 1 is 1.28 bits per heavy atom. The summed E-state index contributed by atoms with van der Waals surface area (Å²) in [6.45, 7) is 2.66. The molecule has 25 heavy (non-hydrogen) atoms. The van der Waals surface area contributed by atoms with Crippen LogP contribution < -0.4 is 4.90 Å². The van der Waals surface area contributed by atoms with Crippen LogP contribution in [0.1, 0.15) is 30.7 Å². The second kappa shape index (κ2) is 6.47. The highest BCUT2D eigenvalue weighted by atomic mass is 16.5. The predicted molar refractivity (Wildman–Crippen MR) is 93.1 cm³/mol. The number of aryl methyl sites for hydroxylation is 1. The minimum atomic E-state index is -0.0873. The number of hydrogen-bond acceptors (Lipinski definition) is 5. The summed E-state index contributed by atoms with van der Waals surface area (Å²) in [6.07, 6.45) is 4.71. The molecule has 6 heteroatoms. The predicted octanol–water partition coefficient (Wildman–Crippen LogP) is 3.21. The summed E-state index contributed by atoms with van der Waals surface area (Å²) in [4.78, 5) is 22.8. The van der Waals surface area contributed by atoms with Crippen molar-refractivity contribution < 1.29 is 9.32 Å². The van der Waals surface area contributed by atoms with Gasteiger partial charge in [0.05, 0.1) is 5.92 Å². The van der Waals surface area contributed by atoms with Gasteiger partial charge in [-0.1, -0.05) is 24.2 Å². The van der Waals surface area contributed by atoms with Gasteiger partial charge in [-0.05, 0) is 36.2 Å². The third kappa shape index (κ3) is 3.03. The lowest BCUT2D eigenvalue weighted by molar-refractivity contribution is -0.117. The van der Waals surface area contributed by atoms with Gasteiger partial charge in [0, 0.05) is 36.6 Å². The molecule has 126 valence electrons. The number of benzene rings is 1. The molecule has 0 aliphatic carbocycles. The fourth-order valence-corrected chi connectivity index (χ4v) is 3.08. The Kier molecular flexibility index (Phi) is 4.01. The third-order valence-electron chi connectivity index (χ3n) is 4.47. The molecule has 1 aromatic carbocycles. The van der Waals surface area contributed by atoms with Gasteiger partial charge >= 0.3 is 0 Å². The first-order valence-corrected chi connectivity index (χ1v) is 8.38. The number of hydrogen-bond donors (Lipinski definition) is 0. The number of carbonyl (C=O) groups is 1. The number of nitrogens with zero attached hydrogens (tertiary/aromatic N) is 4. The summed E-state index contributed by atoms with van der Waals surface area (Å²) in [5.41, 5.74) is 2.94. The Labute approximate surface area is 145 Å². The molecule has 2 aromatic heterocycles. The SMILES string of the molecule is CCc1cccc(N2CC(c3nc(-c4cccnc4)no3)CC2=O)c1. The number of anilines is 1. The van der Waals surface area contributed by atoms with E-state index in [0.717, 1.165) is 17.7 Å². The molecule has 1 fully saturated rings. The summed E-state index contributed by atoms with van der Waals surface area (Å²) in [7, 11) is 0. The Morgan fingerprint density at radius 3 is 3.00 bits per heavy atom. The van der Waals surface area contributed by atoms with E-state index in [1.54, 1.807) is 17.3 Å². The molecule has 0 radical (unpaired) electrons. The fourth-order valence-electron chi connectivity index (χ4n) is 3.08. The van der Waals surface area contributed by atoms with E-state index in [1.165, 1.54) is 5.56 Å². The van der Waals surface area contributed by atoms with Gasteiger partial charge in [0.1, 0.15) is 0 Å². The van der Waals surface area contributed by atoms with E-state index in [-0.39, 0.29) is 11.8 Å². The summed E-state index contributed by atoms with van der Waals surface area (Å²) >= 11 is 0. The Balaban J connectivity index is 1.55. The molecule has 6 nitrogen and oxygen atoms in total. The van der Waals surface area contributed by atoms with Crippen LogP contribution in [0.2, 0.25) is 0 Å². The van der Waals surface area contributed by atoms with Crippen LogP contribution in [0.3, 0.4) is 0 Å². The van der Waals surface area contributed by atoms with E-state index in [9.17, 15) is 4.79 Å². The minimum Gasteiger partial charge on any atom is -0.339 e. The van der Waals surface area contributed by atoms with Crippen molar-refractivity contribution in [1.29, 1.82) is 0 Å². The van der Waals surface area contributed by atoms with Crippen LogP contribution in [-0.2, 0) is 11.2 Å². The van der Waals surface area contributed by atoms with Gasteiger partial charge in [-0.25, -0.2) is 0 Å². The zero-order valence-corrected chi connectivity index (χ0v) is 13.9. The Morgan fingerprint density at radius 2 is 2.20 bits per heavy atom. The van der Waals surface area contributed by atoms with Crippen LogP contribution in [0, 0.1) is 0 Å². The first-order valence-electron chi connectivity index (χ1n) is 8.38. The van der Waals surface area contributed by atoms with Crippen molar-refractivity contribution in [2.75, 3.05) is 11.4 Å². The molecule has 1 aliphatic rings. The van der Waals surface area contributed by atoms with Gasteiger partial charge in [-0.3, -0.25) is 9.78 Å². The number of aromatic nitrogens is 3. The molecule has 0 saturated carbocycles. The van der Waals surface area contributed by atoms with Gasteiger partial charge < -0.3 is 9.42 Å². The Hall–Kier alpha value is -3.02. The maximum absolute atomic E-state index is 12.5. The van der Waals surface area contributed by atoms with E-state index in [4.69, 9.17) is 4.52 Å². The van der Waals surface area contributed by atoms with E-state index in [2.05, 4.69) is 34.2 Å². The average molecular weight is 334 g/mol. The molecule has 3 aromatic rings. The maximum Gasteiger partial charge on any atom is 0.232 e. The van der Waals surface area contributed by atoms with E-state index >= 15 is 0 Å². The summed E-state index contributed by atoms with van der Waals surface area (Å²) < 4.78 is 5.41. The highest BCUT2D eigenvalue weighted by molar-refractivity contribution is 5.96. The monoisotopic (exact) mass is 334 g/mol. The van der Waals surface area contributed by atoms with E-state index < -0.39 is 0 Å². The molecule has 1 unspecified atom stereocenters. The molecule has 1 saturated heterocycles. The fraction of sp³-hybridized carbons (Fsp3) is 0.263. The molecule has 1 amide bonds. The molecule has 0 N–H and O–H groups in total. The van der Waals surface area contributed by atoms with Crippen molar-refractivity contribution in [1.82, 2.24) is 15.1 Å². The van der Waals surface area contributed by atoms with Crippen molar-refractivity contribution in [2.24, 2.45) is 0 Å². The van der Waals surface area contributed by atoms with Crippen LogP contribution in [0.4, 0.5) is 5.69 Å². The lowest BCUT2D eigenvalue weighted by Crippen LogP contribution is -2.24. The van der Waals surface area contributed by atoms with Crippen molar-refractivity contribution in [3.05, 3.63) is 60.2 Å². The number of rotatable bonds is 4. The molecule has 0 bridgehead atoms. The van der Waals surface area contributed by atoms with Crippen LogP contribution in [0.25, 0.3) is 11.4 Å².